The van der Waals surface area contributed by atoms with E-state index in [9.17, 15) is 9.59 Å². The Kier molecular flexibility index (Phi) is 6.21. The number of aromatic nitrogens is 1. The van der Waals surface area contributed by atoms with E-state index < -0.39 is 5.41 Å². The average molecular weight is 418 g/mol. The first-order chi connectivity index (χ1) is 15.0. The topological polar surface area (TPSA) is 62.3 Å². The van der Waals surface area contributed by atoms with Gasteiger partial charge in [0.15, 0.2) is 0 Å². The molecule has 2 fully saturated rings. The van der Waals surface area contributed by atoms with Crippen molar-refractivity contribution in [2.24, 2.45) is 17.3 Å². The van der Waals surface area contributed by atoms with Crippen LogP contribution in [-0.4, -0.2) is 41.3 Å². The summed E-state index contributed by atoms with van der Waals surface area (Å²) in [6.45, 7) is 7.50. The number of carbonyl (C=O) groups excluding carboxylic acids is 2. The molecule has 1 aromatic heterocycles. The molecule has 1 aliphatic heterocycles. The number of amides is 2. The van der Waals surface area contributed by atoms with Gasteiger partial charge in [-0.3, -0.25) is 14.6 Å². The zero-order valence-electron chi connectivity index (χ0n) is 18.2. The molecule has 1 saturated carbocycles. The Morgan fingerprint density at radius 2 is 2.10 bits per heavy atom. The van der Waals surface area contributed by atoms with E-state index in [0.717, 1.165) is 42.5 Å². The van der Waals surface area contributed by atoms with Crippen LogP contribution in [0.1, 0.15) is 31.7 Å². The summed E-state index contributed by atoms with van der Waals surface area (Å²) in [4.78, 5) is 32.7. The molecule has 1 saturated heterocycles. The normalized spacial score (nSPS) is 25.0. The second kappa shape index (κ2) is 9.04. The number of carbonyl (C=O) groups is 2. The Bertz CT molecular complexity index is 958. The third-order valence-corrected chi connectivity index (χ3v) is 6.72. The van der Waals surface area contributed by atoms with Gasteiger partial charge in [0.25, 0.3) is 0 Å². The van der Waals surface area contributed by atoms with Crippen molar-refractivity contribution < 1.29 is 9.59 Å². The van der Waals surface area contributed by atoms with Gasteiger partial charge in [0.1, 0.15) is 0 Å². The number of hydrogen-bond donors (Lipinski definition) is 1. The molecule has 3 atom stereocenters. The Morgan fingerprint density at radius 3 is 2.81 bits per heavy atom. The van der Waals surface area contributed by atoms with E-state index in [1.165, 1.54) is 0 Å². The van der Waals surface area contributed by atoms with Gasteiger partial charge in [-0.25, -0.2) is 0 Å². The fourth-order valence-corrected chi connectivity index (χ4v) is 4.83. The molecule has 2 amide bonds. The van der Waals surface area contributed by atoms with Crippen molar-refractivity contribution in [3.8, 4) is 11.1 Å². The van der Waals surface area contributed by atoms with Crippen molar-refractivity contribution in [3.05, 3.63) is 67.0 Å². The molecule has 31 heavy (non-hydrogen) atoms. The number of likely N-dealkylation sites (tertiary alicyclic amines) is 1. The fraction of sp³-hybridized carbons (Fsp3) is 0.423. The zero-order chi connectivity index (χ0) is 21.8. The molecule has 0 unspecified atom stereocenters. The smallest absolute Gasteiger partial charge is 0.228 e. The summed E-state index contributed by atoms with van der Waals surface area (Å²) in [5, 5.41) is 3.03. The third kappa shape index (κ3) is 4.55. The summed E-state index contributed by atoms with van der Waals surface area (Å²) >= 11 is 0. The lowest BCUT2D eigenvalue weighted by Gasteiger charge is -2.42. The van der Waals surface area contributed by atoms with Gasteiger partial charge < -0.3 is 10.2 Å². The molecule has 4 rings (SSSR count). The summed E-state index contributed by atoms with van der Waals surface area (Å²) in [6.07, 6.45) is 8.48. The predicted octanol–water partition coefficient (Wildman–Crippen LogP) is 3.86. The van der Waals surface area contributed by atoms with Crippen LogP contribution < -0.4 is 5.32 Å². The highest BCUT2D eigenvalue weighted by atomic mass is 16.2. The summed E-state index contributed by atoms with van der Waals surface area (Å²) in [7, 11) is 0. The van der Waals surface area contributed by atoms with Gasteiger partial charge in [0, 0.05) is 43.5 Å². The highest BCUT2D eigenvalue weighted by molar-refractivity contribution is 5.86. The van der Waals surface area contributed by atoms with Crippen molar-refractivity contribution in [1.29, 1.82) is 0 Å². The van der Waals surface area contributed by atoms with E-state index in [2.05, 4.69) is 35.9 Å². The van der Waals surface area contributed by atoms with Gasteiger partial charge in [-0.05, 0) is 48.8 Å². The Balaban J connectivity index is 1.66. The SMILES string of the molecule is C=CCNC(=O)[C@]1(Cc2ccccc2-c2cccnc2)CCCN(C(=O)[C@H]2C[C@H]2C)C1. The van der Waals surface area contributed by atoms with Crippen LogP contribution in [-0.2, 0) is 16.0 Å². The minimum absolute atomic E-state index is 0.00901. The third-order valence-electron chi connectivity index (χ3n) is 6.72. The highest BCUT2D eigenvalue weighted by Gasteiger charge is 2.47. The van der Waals surface area contributed by atoms with Gasteiger partial charge in [0.05, 0.1) is 5.41 Å². The van der Waals surface area contributed by atoms with E-state index in [1.54, 1.807) is 12.3 Å². The van der Waals surface area contributed by atoms with Crippen molar-refractivity contribution in [3.63, 3.8) is 0 Å². The second-order valence-electron chi connectivity index (χ2n) is 9.04. The molecule has 162 valence electrons. The van der Waals surface area contributed by atoms with E-state index in [1.807, 2.05) is 35.4 Å². The number of hydrogen-bond acceptors (Lipinski definition) is 3. The van der Waals surface area contributed by atoms with Gasteiger partial charge >= 0.3 is 0 Å². The van der Waals surface area contributed by atoms with Gasteiger partial charge in [-0.2, -0.15) is 0 Å². The van der Waals surface area contributed by atoms with E-state index in [0.29, 0.717) is 25.4 Å². The Morgan fingerprint density at radius 1 is 1.29 bits per heavy atom. The maximum absolute atomic E-state index is 13.4. The van der Waals surface area contributed by atoms with Crippen LogP contribution in [0, 0.1) is 17.3 Å². The number of rotatable bonds is 7. The molecule has 2 aromatic rings. The highest BCUT2D eigenvalue weighted by Crippen LogP contribution is 2.42. The van der Waals surface area contributed by atoms with Gasteiger partial charge in [-0.1, -0.05) is 43.3 Å². The zero-order valence-corrected chi connectivity index (χ0v) is 18.2. The summed E-state index contributed by atoms with van der Waals surface area (Å²) < 4.78 is 0. The molecular formula is C26H31N3O2. The Hall–Kier alpha value is -2.95. The lowest BCUT2D eigenvalue weighted by atomic mass is 9.73. The summed E-state index contributed by atoms with van der Waals surface area (Å²) in [5.74, 6) is 0.822. The molecular weight excluding hydrogens is 386 g/mol. The molecule has 5 heteroatoms. The van der Waals surface area contributed by atoms with Crippen LogP contribution in [0.25, 0.3) is 11.1 Å². The standard InChI is InChI=1S/C26H31N3O2/c1-3-12-28-25(31)26(11-7-14-29(18-26)24(30)23-15-19(23)2)16-20-8-4-5-10-22(20)21-9-6-13-27-17-21/h3-6,8-10,13,17,19,23H,1,7,11-12,14-16,18H2,2H3,(H,28,31)/t19-,23+,26+/m1/s1. The van der Waals surface area contributed by atoms with Crippen LogP contribution in [0.2, 0.25) is 0 Å². The maximum atomic E-state index is 13.4. The van der Waals surface area contributed by atoms with Crippen molar-refractivity contribution in [1.82, 2.24) is 15.2 Å². The van der Waals surface area contributed by atoms with E-state index in [4.69, 9.17) is 0 Å². The van der Waals surface area contributed by atoms with Crippen molar-refractivity contribution in [2.75, 3.05) is 19.6 Å². The summed E-state index contributed by atoms with van der Waals surface area (Å²) in [5.41, 5.74) is 2.59. The lowest BCUT2D eigenvalue weighted by molar-refractivity contribution is -0.142. The fourth-order valence-electron chi connectivity index (χ4n) is 4.83. The lowest BCUT2D eigenvalue weighted by Crippen LogP contribution is -2.55. The Labute approximate surface area is 184 Å². The van der Waals surface area contributed by atoms with Crippen LogP contribution in [0.15, 0.2) is 61.4 Å². The van der Waals surface area contributed by atoms with Crippen LogP contribution in [0.4, 0.5) is 0 Å². The largest absolute Gasteiger partial charge is 0.352 e. The number of piperidine rings is 1. The molecule has 2 heterocycles. The number of pyridine rings is 1. The van der Waals surface area contributed by atoms with Crippen molar-refractivity contribution in [2.45, 2.75) is 32.6 Å². The molecule has 0 spiro atoms. The quantitative estimate of drug-likeness (QED) is 0.696. The number of benzene rings is 1. The molecule has 1 aliphatic carbocycles. The number of nitrogens with one attached hydrogen (secondary N) is 1. The second-order valence-corrected chi connectivity index (χ2v) is 9.04. The van der Waals surface area contributed by atoms with E-state index >= 15 is 0 Å². The van der Waals surface area contributed by atoms with E-state index in [-0.39, 0.29) is 17.7 Å². The molecule has 1 N–H and O–H groups in total. The maximum Gasteiger partial charge on any atom is 0.228 e. The van der Waals surface area contributed by atoms with Crippen LogP contribution in [0.5, 0.6) is 0 Å². The first-order valence-corrected chi connectivity index (χ1v) is 11.2. The molecule has 0 radical (unpaired) electrons. The minimum Gasteiger partial charge on any atom is -0.352 e. The molecule has 1 aromatic carbocycles. The monoisotopic (exact) mass is 417 g/mol. The average Bonchev–Trinajstić information content (AvgIpc) is 3.54. The molecule has 5 nitrogen and oxygen atoms in total. The first-order valence-electron chi connectivity index (χ1n) is 11.2. The van der Waals surface area contributed by atoms with Crippen LogP contribution in [0.3, 0.4) is 0 Å². The first kappa shape index (κ1) is 21.3. The number of nitrogens with zero attached hydrogens (tertiary/aromatic N) is 2. The minimum atomic E-state index is -0.645. The van der Waals surface area contributed by atoms with Crippen LogP contribution >= 0.6 is 0 Å². The van der Waals surface area contributed by atoms with Gasteiger partial charge in [-0.15, -0.1) is 6.58 Å². The van der Waals surface area contributed by atoms with Gasteiger partial charge in [0.2, 0.25) is 11.8 Å². The molecule has 2 aliphatic rings. The molecule has 0 bridgehead atoms. The summed E-state index contributed by atoms with van der Waals surface area (Å²) in [6, 6.07) is 12.2. The van der Waals surface area contributed by atoms with Crippen molar-refractivity contribution >= 4 is 11.8 Å². The predicted molar refractivity (Wildman–Crippen MR) is 122 cm³/mol.